The lowest BCUT2D eigenvalue weighted by Crippen LogP contribution is -2.39. The van der Waals surface area contributed by atoms with Gasteiger partial charge in [-0.1, -0.05) is 0 Å². The van der Waals surface area contributed by atoms with E-state index in [1.54, 1.807) is 14.1 Å². The molecule has 0 radical (unpaired) electrons. The van der Waals surface area contributed by atoms with Crippen LogP contribution >= 0.6 is 0 Å². The van der Waals surface area contributed by atoms with Crippen molar-refractivity contribution in [3.63, 3.8) is 0 Å². The van der Waals surface area contributed by atoms with Crippen LogP contribution < -0.4 is 0 Å². The zero-order valence-electron chi connectivity index (χ0n) is 9.91. The zero-order chi connectivity index (χ0) is 13.2. The molecule has 0 aliphatic carbocycles. The van der Waals surface area contributed by atoms with Crippen LogP contribution in [0.3, 0.4) is 0 Å². The van der Waals surface area contributed by atoms with Crippen LogP contribution in [-0.2, 0) is 11.3 Å². The fourth-order valence-electron chi connectivity index (χ4n) is 1.18. The van der Waals surface area contributed by atoms with Gasteiger partial charge in [-0.15, -0.1) is 0 Å². The van der Waals surface area contributed by atoms with Gasteiger partial charge in [0.15, 0.2) is 5.60 Å². The van der Waals surface area contributed by atoms with Crippen molar-refractivity contribution in [3.05, 3.63) is 18.0 Å². The first kappa shape index (κ1) is 13.2. The van der Waals surface area contributed by atoms with Crippen LogP contribution in [-0.4, -0.2) is 56.5 Å². The number of hydrogen-bond acceptors (Lipinski definition) is 4. The van der Waals surface area contributed by atoms with E-state index < -0.39 is 11.6 Å². The summed E-state index contributed by atoms with van der Waals surface area (Å²) in [5, 5.41) is 22.2. The van der Waals surface area contributed by atoms with Gasteiger partial charge in [-0.25, -0.2) is 4.79 Å². The third-order valence-electron chi connectivity index (χ3n) is 2.20. The molecule has 0 spiro atoms. The molecule has 0 saturated carbocycles. The highest BCUT2D eigenvalue weighted by Crippen LogP contribution is 2.08. The summed E-state index contributed by atoms with van der Waals surface area (Å²) < 4.78 is 1.23. The van der Waals surface area contributed by atoms with Crippen LogP contribution in [0.15, 0.2) is 12.3 Å². The molecule has 1 atom stereocenters. The molecular formula is C10H15N3O4. The molecule has 7 heteroatoms. The standard InChI is InChI=1S/C10H15N3O4/c1-10(17,9(15)16)6-13-5-4-7(11-13)8(14)12(2)3/h4-5,17H,6H2,1-3H3,(H,15,16). The summed E-state index contributed by atoms with van der Waals surface area (Å²) in [5.41, 5.74) is -1.71. The number of rotatable bonds is 4. The van der Waals surface area contributed by atoms with E-state index in [0.29, 0.717) is 0 Å². The van der Waals surface area contributed by atoms with Crippen molar-refractivity contribution in [2.24, 2.45) is 0 Å². The first-order chi connectivity index (χ1) is 7.74. The molecule has 0 saturated heterocycles. The molecule has 0 bridgehead atoms. The van der Waals surface area contributed by atoms with Gasteiger partial charge < -0.3 is 15.1 Å². The van der Waals surface area contributed by atoms with Gasteiger partial charge in [0.25, 0.3) is 5.91 Å². The Morgan fingerprint density at radius 1 is 1.53 bits per heavy atom. The highest BCUT2D eigenvalue weighted by atomic mass is 16.4. The van der Waals surface area contributed by atoms with Crippen LogP contribution in [0.2, 0.25) is 0 Å². The molecule has 1 amide bonds. The molecule has 1 rings (SSSR count). The maximum atomic E-state index is 11.5. The SMILES string of the molecule is CN(C)C(=O)c1ccn(CC(C)(O)C(=O)O)n1. The summed E-state index contributed by atoms with van der Waals surface area (Å²) >= 11 is 0. The molecule has 1 aromatic heterocycles. The quantitative estimate of drug-likeness (QED) is 0.735. The number of aliphatic hydroxyl groups is 1. The number of aromatic nitrogens is 2. The van der Waals surface area contributed by atoms with E-state index in [-0.39, 0.29) is 18.1 Å². The Bertz CT molecular complexity index is 437. The van der Waals surface area contributed by atoms with Gasteiger partial charge in [-0.2, -0.15) is 5.10 Å². The van der Waals surface area contributed by atoms with E-state index in [1.807, 2.05) is 0 Å². The third kappa shape index (κ3) is 3.04. The van der Waals surface area contributed by atoms with Gasteiger partial charge in [0.2, 0.25) is 0 Å². The van der Waals surface area contributed by atoms with E-state index in [2.05, 4.69) is 5.10 Å². The van der Waals surface area contributed by atoms with Crippen molar-refractivity contribution in [1.29, 1.82) is 0 Å². The fraction of sp³-hybridized carbons (Fsp3) is 0.500. The molecule has 94 valence electrons. The smallest absolute Gasteiger partial charge is 0.337 e. The molecule has 7 nitrogen and oxygen atoms in total. The number of carboxylic acid groups (broad SMARTS) is 1. The van der Waals surface area contributed by atoms with E-state index in [4.69, 9.17) is 5.11 Å². The van der Waals surface area contributed by atoms with Gasteiger partial charge in [-0.3, -0.25) is 9.48 Å². The molecule has 0 aliphatic rings. The maximum absolute atomic E-state index is 11.5. The summed E-state index contributed by atoms with van der Waals surface area (Å²) in [6, 6.07) is 1.47. The van der Waals surface area contributed by atoms with Gasteiger partial charge >= 0.3 is 5.97 Å². The first-order valence-electron chi connectivity index (χ1n) is 4.95. The second-order valence-electron chi connectivity index (χ2n) is 4.18. The predicted molar refractivity (Wildman–Crippen MR) is 58.5 cm³/mol. The largest absolute Gasteiger partial charge is 0.479 e. The van der Waals surface area contributed by atoms with Gasteiger partial charge in [0.05, 0.1) is 6.54 Å². The number of carbonyl (C=O) groups excluding carboxylic acids is 1. The van der Waals surface area contributed by atoms with Gasteiger partial charge in [0, 0.05) is 20.3 Å². The van der Waals surface area contributed by atoms with E-state index in [0.717, 1.165) is 0 Å². The summed E-state index contributed by atoms with van der Waals surface area (Å²) in [7, 11) is 3.18. The Kier molecular flexibility index (Phi) is 3.52. The lowest BCUT2D eigenvalue weighted by atomic mass is 10.1. The van der Waals surface area contributed by atoms with Gasteiger partial charge in [0.1, 0.15) is 5.69 Å². The minimum atomic E-state index is -1.91. The number of carbonyl (C=O) groups is 2. The fourth-order valence-corrected chi connectivity index (χ4v) is 1.18. The lowest BCUT2D eigenvalue weighted by Gasteiger charge is -2.17. The molecule has 1 aromatic rings. The van der Waals surface area contributed by atoms with Crippen molar-refractivity contribution in [1.82, 2.24) is 14.7 Å². The molecule has 1 unspecified atom stereocenters. The molecule has 2 N–H and O–H groups in total. The Balaban J connectivity index is 2.83. The molecule has 1 heterocycles. The molecule has 0 aromatic carbocycles. The van der Waals surface area contributed by atoms with Gasteiger partial charge in [-0.05, 0) is 13.0 Å². The first-order valence-corrected chi connectivity index (χ1v) is 4.95. The number of hydrogen-bond donors (Lipinski definition) is 2. The molecule has 0 fully saturated rings. The lowest BCUT2D eigenvalue weighted by molar-refractivity contribution is -0.158. The third-order valence-corrected chi connectivity index (χ3v) is 2.20. The zero-order valence-corrected chi connectivity index (χ0v) is 9.91. The Morgan fingerprint density at radius 2 is 2.12 bits per heavy atom. The summed E-state index contributed by atoms with van der Waals surface area (Å²) in [6.45, 7) is 0.952. The van der Waals surface area contributed by atoms with Crippen molar-refractivity contribution < 1.29 is 19.8 Å². The van der Waals surface area contributed by atoms with Crippen molar-refractivity contribution in [2.75, 3.05) is 14.1 Å². The number of nitrogens with zero attached hydrogens (tertiary/aromatic N) is 3. The summed E-state index contributed by atoms with van der Waals surface area (Å²) in [6.07, 6.45) is 1.45. The highest BCUT2D eigenvalue weighted by Gasteiger charge is 2.31. The second-order valence-corrected chi connectivity index (χ2v) is 4.18. The Morgan fingerprint density at radius 3 is 2.59 bits per heavy atom. The van der Waals surface area contributed by atoms with Crippen LogP contribution in [0.1, 0.15) is 17.4 Å². The van der Waals surface area contributed by atoms with E-state index >= 15 is 0 Å². The van der Waals surface area contributed by atoms with Crippen molar-refractivity contribution in [2.45, 2.75) is 19.1 Å². The van der Waals surface area contributed by atoms with E-state index in [1.165, 1.54) is 28.8 Å². The average molecular weight is 241 g/mol. The number of aliphatic carboxylic acids is 1. The monoisotopic (exact) mass is 241 g/mol. The van der Waals surface area contributed by atoms with Crippen LogP contribution in [0.4, 0.5) is 0 Å². The Labute approximate surface area is 98.3 Å². The maximum Gasteiger partial charge on any atom is 0.337 e. The van der Waals surface area contributed by atoms with Crippen LogP contribution in [0.5, 0.6) is 0 Å². The van der Waals surface area contributed by atoms with Crippen molar-refractivity contribution in [3.8, 4) is 0 Å². The normalized spacial score (nSPS) is 14.1. The number of carboxylic acids is 1. The molecule has 0 aliphatic heterocycles. The highest BCUT2D eigenvalue weighted by molar-refractivity contribution is 5.91. The van der Waals surface area contributed by atoms with Crippen molar-refractivity contribution >= 4 is 11.9 Å². The summed E-state index contributed by atoms with van der Waals surface area (Å²) in [5.74, 6) is -1.62. The summed E-state index contributed by atoms with van der Waals surface area (Å²) in [4.78, 5) is 23.6. The number of amides is 1. The van der Waals surface area contributed by atoms with Crippen LogP contribution in [0.25, 0.3) is 0 Å². The topological polar surface area (TPSA) is 95.7 Å². The second kappa shape index (κ2) is 4.54. The Hall–Kier alpha value is -1.89. The average Bonchev–Trinajstić information content (AvgIpc) is 2.63. The molecule has 17 heavy (non-hydrogen) atoms. The molecular weight excluding hydrogens is 226 g/mol. The minimum Gasteiger partial charge on any atom is -0.479 e. The minimum absolute atomic E-state index is 0.205. The van der Waals surface area contributed by atoms with E-state index in [9.17, 15) is 14.7 Å². The van der Waals surface area contributed by atoms with Crippen LogP contribution in [0, 0.1) is 0 Å². The predicted octanol–water partition coefficient (Wildman–Crippen LogP) is -0.579.